The van der Waals surface area contributed by atoms with Gasteiger partial charge in [0, 0.05) is 21.6 Å². The van der Waals surface area contributed by atoms with Gasteiger partial charge in [-0.05, 0) is 81.3 Å². The second-order valence-electron chi connectivity index (χ2n) is 7.90. The van der Waals surface area contributed by atoms with Crippen LogP contribution in [0.25, 0.3) is 21.2 Å². The number of halogens is 1. The van der Waals surface area contributed by atoms with Gasteiger partial charge in [-0.15, -0.1) is 11.3 Å². The molecule has 5 rings (SSSR count). The van der Waals surface area contributed by atoms with Crippen LogP contribution >= 0.6 is 27.3 Å². The van der Waals surface area contributed by atoms with Crippen molar-refractivity contribution in [1.82, 2.24) is 0 Å². The van der Waals surface area contributed by atoms with Crippen LogP contribution in [-0.2, 0) is 6.42 Å². The van der Waals surface area contributed by atoms with Crippen molar-refractivity contribution in [2.45, 2.75) is 19.8 Å². The Labute approximate surface area is 202 Å². The largest absolute Gasteiger partial charge is 0.310 e. The molecule has 32 heavy (non-hydrogen) atoms. The van der Waals surface area contributed by atoms with E-state index in [9.17, 15) is 0 Å². The van der Waals surface area contributed by atoms with E-state index in [1.165, 1.54) is 38.2 Å². The third-order valence-electron chi connectivity index (χ3n) is 5.72. The van der Waals surface area contributed by atoms with Crippen molar-refractivity contribution >= 4 is 55.1 Å². The molecule has 5 aromatic rings. The van der Waals surface area contributed by atoms with Crippen molar-refractivity contribution < 1.29 is 0 Å². The molecule has 0 saturated carbocycles. The summed E-state index contributed by atoms with van der Waals surface area (Å²) in [6.07, 6.45) is 2.27. The highest BCUT2D eigenvalue weighted by molar-refractivity contribution is 9.11. The molecule has 0 amide bonds. The van der Waals surface area contributed by atoms with Crippen LogP contribution in [0.3, 0.4) is 0 Å². The Hall–Kier alpha value is -2.88. The Morgan fingerprint density at radius 1 is 0.719 bits per heavy atom. The lowest BCUT2D eigenvalue weighted by atomic mass is 10.0. The fourth-order valence-corrected chi connectivity index (χ4v) is 5.57. The van der Waals surface area contributed by atoms with Crippen molar-refractivity contribution in [2.24, 2.45) is 0 Å². The van der Waals surface area contributed by atoms with Crippen molar-refractivity contribution in [3.63, 3.8) is 0 Å². The summed E-state index contributed by atoms with van der Waals surface area (Å²) >= 11 is 5.34. The molecule has 4 aromatic carbocycles. The molecule has 0 aliphatic heterocycles. The number of benzene rings is 4. The molecule has 0 N–H and O–H groups in total. The van der Waals surface area contributed by atoms with E-state index in [1.54, 1.807) is 11.3 Å². The van der Waals surface area contributed by atoms with Crippen molar-refractivity contribution in [1.29, 1.82) is 0 Å². The lowest BCUT2D eigenvalue weighted by Gasteiger charge is -2.27. The molecule has 3 heteroatoms. The predicted octanol–water partition coefficient (Wildman–Crippen LogP) is 9.75. The standard InChI is InChI=1S/C29H24BrNS/c1-2-6-21-11-15-24(16-12-21)31(27-10-5-8-22-7-3-4-9-26(22)27)25-17-13-23(14-18-25)28-19-20-29(30)32-28/h3-5,7-20H,2,6H2,1H3. The first kappa shape index (κ1) is 21.0. The molecule has 0 radical (unpaired) electrons. The van der Waals surface area contributed by atoms with Crippen LogP contribution in [-0.4, -0.2) is 0 Å². The fraction of sp³-hybridized carbons (Fsp3) is 0.103. The molecule has 1 nitrogen and oxygen atoms in total. The number of aryl methyl sites for hydroxylation is 1. The fourth-order valence-electron chi connectivity index (χ4n) is 4.18. The van der Waals surface area contributed by atoms with Crippen LogP contribution in [0.15, 0.2) is 107 Å². The summed E-state index contributed by atoms with van der Waals surface area (Å²) in [5.41, 5.74) is 6.14. The number of anilines is 3. The second-order valence-corrected chi connectivity index (χ2v) is 10.4. The molecule has 0 spiro atoms. The molecule has 0 atom stereocenters. The monoisotopic (exact) mass is 497 g/mol. The van der Waals surface area contributed by atoms with E-state index in [2.05, 4.69) is 131 Å². The molecule has 0 fully saturated rings. The molecule has 0 aliphatic carbocycles. The first-order valence-corrected chi connectivity index (χ1v) is 12.6. The van der Waals surface area contributed by atoms with E-state index in [-0.39, 0.29) is 0 Å². The smallest absolute Gasteiger partial charge is 0.0705 e. The Kier molecular flexibility index (Phi) is 6.11. The Morgan fingerprint density at radius 2 is 1.41 bits per heavy atom. The van der Waals surface area contributed by atoms with Crippen LogP contribution in [0.1, 0.15) is 18.9 Å². The molecule has 1 heterocycles. The zero-order valence-corrected chi connectivity index (χ0v) is 20.4. The minimum atomic E-state index is 1.11. The van der Waals surface area contributed by atoms with E-state index in [1.807, 2.05) is 0 Å². The van der Waals surface area contributed by atoms with Gasteiger partial charge in [0.25, 0.3) is 0 Å². The molecule has 158 valence electrons. The van der Waals surface area contributed by atoms with Gasteiger partial charge in [-0.2, -0.15) is 0 Å². The highest BCUT2D eigenvalue weighted by atomic mass is 79.9. The van der Waals surface area contributed by atoms with Gasteiger partial charge in [-0.25, -0.2) is 0 Å². The maximum Gasteiger partial charge on any atom is 0.0705 e. The van der Waals surface area contributed by atoms with E-state index in [0.717, 1.165) is 22.3 Å². The first-order valence-electron chi connectivity index (χ1n) is 11.0. The summed E-state index contributed by atoms with van der Waals surface area (Å²) in [4.78, 5) is 3.63. The van der Waals surface area contributed by atoms with E-state index < -0.39 is 0 Å². The summed E-state index contributed by atoms with van der Waals surface area (Å²) in [5.74, 6) is 0. The highest BCUT2D eigenvalue weighted by Crippen LogP contribution is 2.40. The quantitative estimate of drug-likeness (QED) is 0.225. The summed E-state index contributed by atoms with van der Waals surface area (Å²) in [6.45, 7) is 2.23. The van der Waals surface area contributed by atoms with Crippen LogP contribution in [0.4, 0.5) is 17.1 Å². The van der Waals surface area contributed by atoms with Gasteiger partial charge >= 0.3 is 0 Å². The summed E-state index contributed by atoms with van der Waals surface area (Å²) in [7, 11) is 0. The Morgan fingerprint density at radius 3 is 2.09 bits per heavy atom. The molecular formula is C29H24BrNS. The van der Waals surface area contributed by atoms with Crippen molar-refractivity contribution in [2.75, 3.05) is 4.90 Å². The third-order valence-corrected chi connectivity index (χ3v) is 7.40. The topological polar surface area (TPSA) is 3.24 Å². The number of hydrogen-bond acceptors (Lipinski definition) is 2. The lowest BCUT2D eigenvalue weighted by Crippen LogP contribution is -2.10. The Bertz CT molecular complexity index is 1330. The zero-order chi connectivity index (χ0) is 21.9. The number of fused-ring (bicyclic) bond motifs is 1. The molecule has 1 aromatic heterocycles. The van der Waals surface area contributed by atoms with Gasteiger partial charge in [0.2, 0.25) is 0 Å². The lowest BCUT2D eigenvalue weighted by molar-refractivity contribution is 0.922. The molecule has 0 unspecified atom stereocenters. The van der Waals surface area contributed by atoms with Gasteiger partial charge in [0.1, 0.15) is 0 Å². The number of hydrogen-bond donors (Lipinski definition) is 0. The third kappa shape index (κ3) is 4.23. The van der Waals surface area contributed by atoms with Crippen molar-refractivity contribution in [3.05, 3.63) is 112 Å². The molecule has 0 saturated heterocycles. The van der Waals surface area contributed by atoms with Gasteiger partial charge < -0.3 is 4.90 Å². The van der Waals surface area contributed by atoms with E-state index in [0.29, 0.717) is 0 Å². The summed E-state index contributed by atoms with van der Waals surface area (Å²) < 4.78 is 1.15. The average molecular weight is 498 g/mol. The highest BCUT2D eigenvalue weighted by Gasteiger charge is 2.15. The van der Waals surface area contributed by atoms with E-state index >= 15 is 0 Å². The average Bonchev–Trinajstić information content (AvgIpc) is 3.27. The summed E-state index contributed by atoms with van der Waals surface area (Å²) in [5, 5.41) is 2.50. The van der Waals surface area contributed by atoms with Gasteiger partial charge in [0.15, 0.2) is 0 Å². The predicted molar refractivity (Wildman–Crippen MR) is 144 cm³/mol. The molecule has 0 aliphatic rings. The molecule has 0 bridgehead atoms. The van der Waals surface area contributed by atoms with Crippen LogP contribution in [0, 0.1) is 0 Å². The second kappa shape index (κ2) is 9.32. The van der Waals surface area contributed by atoms with Crippen LogP contribution in [0.5, 0.6) is 0 Å². The van der Waals surface area contributed by atoms with Crippen LogP contribution in [0.2, 0.25) is 0 Å². The number of nitrogens with zero attached hydrogens (tertiary/aromatic N) is 1. The minimum absolute atomic E-state index is 1.11. The number of thiophene rings is 1. The van der Waals surface area contributed by atoms with Crippen LogP contribution < -0.4 is 4.90 Å². The molecular weight excluding hydrogens is 474 g/mol. The van der Waals surface area contributed by atoms with Gasteiger partial charge in [-0.1, -0.05) is 74.0 Å². The minimum Gasteiger partial charge on any atom is -0.310 e. The van der Waals surface area contributed by atoms with Crippen molar-refractivity contribution in [3.8, 4) is 10.4 Å². The van der Waals surface area contributed by atoms with Gasteiger partial charge in [0.05, 0.1) is 9.47 Å². The maximum atomic E-state index is 3.58. The normalized spacial score (nSPS) is 11.1. The van der Waals surface area contributed by atoms with E-state index in [4.69, 9.17) is 0 Å². The zero-order valence-electron chi connectivity index (χ0n) is 18.0. The summed E-state index contributed by atoms with van der Waals surface area (Å²) in [6, 6.07) is 37.3. The SMILES string of the molecule is CCCc1ccc(N(c2ccc(-c3ccc(Br)s3)cc2)c2cccc3ccccc23)cc1. The maximum absolute atomic E-state index is 3.58. The first-order chi connectivity index (χ1) is 15.7. The van der Waals surface area contributed by atoms with Gasteiger partial charge in [-0.3, -0.25) is 0 Å². The number of rotatable bonds is 6. The Balaban J connectivity index is 1.62.